The number of hydrogen-bond donors (Lipinski definition) is 1. The summed E-state index contributed by atoms with van der Waals surface area (Å²) in [6.07, 6.45) is 0. The van der Waals surface area contributed by atoms with E-state index in [0.29, 0.717) is 54.3 Å². The maximum absolute atomic E-state index is 13.2. The molecule has 2 saturated heterocycles. The van der Waals surface area contributed by atoms with Crippen molar-refractivity contribution >= 4 is 33.9 Å². The Morgan fingerprint density at radius 3 is 2.43 bits per heavy atom. The van der Waals surface area contributed by atoms with E-state index in [2.05, 4.69) is 33.1 Å². The van der Waals surface area contributed by atoms with E-state index >= 15 is 0 Å². The van der Waals surface area contributed by atoms with Gasteiger partial charge in [0.05, 0.1) is 42.6 Å². The van der Waals surface area contributed by atoms with Crippen molar-refractivity contribution in [3.8, 4) is 11.8 Å². The van der Waals surface area contributed by atoms with Gasteiger partial charge in [-0.25, -0.2) is 0 Å². The van der Waals surface area contributed by atoms with Crippen LogP contribution in [0, 0.1) is 11.3 Å². The molecule has 10 nitrogen and oxygen atoms in total. The van der Waals surface area contributed by atoms with Gasteiger partial charge < -0.3 is 33.9 Å². The molecule has 0 saturated carbocycles. The Kier molecular flexibility index (Phi) is 6.99. The SMILES string of the molecule is COc1cc(N2CCN(C)CC2)c2oc(C(=O)Nc3ccc(N4CCOCC4)c(C#N)c3)cc(=O)c2c1. The Hall–Kier alpha value is -4.07. The van der Waals surface area contributed by atoms with E-state index in [-0.39, 0.29) is 11.2 Å². The van der Waals surface area contributed by atoms with Crippen LogP contribution in [0.4, 0.5) is 17.1 Å². The van der Waals surface area contributed by atoms with E-state index in [0.717, 1.165) is 37.6 Å². The predicted molar refractivity (Wildman–Crippen MR) is 141 cm³/mol. The molecule has 192 valence electrons. The number of likely N-dealkylation sites (N-methyl/N-ethyl adjacent to an activating group) is 1. The lowest BCUT2D eigenvalue weighted by Crippen LogP contribution is -2.44. The molecule has 0 spiro atoms. The van der Waals surface area contributed by atoms with E-state index in [4.69, 9.17) is 13.9 Å². The number of amides is 1. The first-order valence-corrected chi connectivity index (χ1v) is 12.2. The fourth-order valence-electron chi connectivity index (χ4n) is 4.70. The zero-order chi connectivity index (χ0) is 25.9. The third-order valence-electron chi connectivity index (χ3n) is 6.81. The normalized spacial score (nSPS) is 16.5. The van der Waals surface area contributed by atoms with Gasteiger partial charge in [0.15, 0.2) is 16.8 Å². The van der Waals surface area contributed by atoms with Gasteiger partial charge in [0.25, 0.3) is 5.91 Å². The molecular formula is C27H29N5O5. The van der Waals surface area contributed by atoms with Crippen LogP contribution in [0.3, 0.4) is 0 Å². The summed E-state index contributed by atoms with van der Waals surface area (Å²) in [5, 5.41) is 12.8. The second kappa shape index (κ2) is 10.5. The first-order chi connectivity index (χ1) is 18.0. The number of carbonyl (C=O) groups excluding carboxylic acids is 1. The van der Waals surface area contributed by atoms with Crippen molar-refractivity contribution in [3.05, 3.63) is 57.9 Å². The molecule has 1 aromatic heterocycles. The molecule has 0 atom stereocenters. The fourth-order valence-corrected chi connectivity index (χ4v) is 4.70. The molecule has 3 heterocycles. The van der Waals surface area contributed by atoms with E-state index in [1.807, 2.05) is 12.1 Å². The molecule has 5 rings (SSSR count). The lowest BCUT2D eigenvalue weighted by atomic mass is 10.1. The van der Waals surface area contributed by atoms with Gasteiger partial charge in [0, 0.05) is 57.1 Å². The number of anilines is 3. The Morgan fingerprint density at radius 1 is 1.00 bits per heavy atom. The van der Waals surface area contributed by atoms with Crippen LogP contribution in [-0.2, 0) is 4.74 Å². The molecule has 0 bridgehead atoms. The maximum atomic E-state index is 13.2. The topological polar surface area (TPSA) is 111 Å². The van der Waals surface area contributed by atoms with Crippen LogP contribution in [-0.4, -0.2) is 77.4 Å². The van der Waals surface area contributed by atoms with Gasteiger partial charge in [-0.1, -0.05) is 0 Å². The van der Waals surface area contributed by atoms with Crippen LogP contribution < -0.4 is 25.3 Å². The molecule has 3 aromatic rings. The highest BCUT2D eigenvalue weighted by molar-refractivity contribution is 6.04. The Balaban J connectivity index is 1.46. The summed E-state index contributed by atoms with van der Waals surface area (Å²) in [5.41, 5.74) is 2.42. The Labute approximate surface area is 214 Å². The highest BCUT2D eigenvalue weighted by atomic mass is 16.5. The van der Waals surface area contributed by atoms with Crippen molar-refractivity contribution in [3.63, 3.8) is 0 Å². The summed E-state index contributed by atoms with van der Waals surface area (Å²) in [7, 11) is 3.62. The average Bonchev–Trinajstić information content (AvgIpc) is 2.93. The zero-order valence-corrected chi connectivity index (χ0v) is 21.0. The van der Waals surface area contributed by atoms with Gasteiger partial charge in [-0.2, -0.15) is 5.26 Å². The minimum absolute atomic E-state index is 0.103. The summed E-state index contributed by atoms with van der Waals surface area (Å²) in [5.74, 6) is -0.119. The third kappa shape index (κ3) is 5.09. The molecule has 2 aliphatic heterocycles. The molecule has 1 amide bonds. The summed E-state index contributed by atoms with van der Waals surface area (Å²) in [6, 6.07) is 12.0. The zero-order valence-electron chi connectivity index (χ0n) is 21.0. The number of nitrogens with one attached hydrogen (secondary N) is 1. The minimum atomic E-state index is -0.567. The molecule has 2 aliphatic rings. The van der Waals surface area contributed by atoms with Gasteiger partial charge in [0.2, 0.25) is 0 Å². The number of morpholine rings is 1. The monoisotopic (exact) mass is 503 g/mol. The molecular weight excluding hydrogens is 474 g/mol. The van der Waals surface area contributed by atoms with Gasteiger partial charge in [-0.3, -0.25) is 9.59 Å². The number of rotatable bonds is 5. The fraction of sp³-hybridized carbons (Fsp3) is 0.370. The van der Waals surface area contributed by atoms with Gasteiger partial charge in [-0.15, -0.1) is 0 Å². The lowest BCUT2D eigenvalue weighted by Gasteiger charge is -2.34. The van der Waals surface area contributed by atoms with Crippen molar-refractivity contribution in [1.29, 1.82) is 5.26 Å². The molecule has 0 unspecified atom stereocenters. The van der Waals surface area contributed by atoms with E-state index in [1.165, 1.54) is 6.07 Å². The quantitative estimate of drug-likeness (QED) is 0.561. The summed E-state index contributed by atoms with van der Waals surface area (Å²) < 4.78 is 16.9. The van der Waals surface area contributed by atoms with Crippen LogP contribution in [0.5, 0.6) is 5.75 Å². The van der Waals surface area contributed by atoms with Gasteiger partial charge in [-0.05, 0) is 31.3 Å². The number of piperazine rings is 1. The van der Waals surface area contributed by atoms with E-state index < -0.39 is 5.91 Å². The van der Waals surface area contributed by atoms with Crippen LogP contribution in [0.2, 0.25) is 0 Å². The first kappa shape index (κ1) is 24.6. The Morgan fingerprint density at radius 2 is 1.73 bits per heavy atom. The number of carbonyl (C=O) groups is 1. The number of benzene rings is 2. The summed E-state index contributed by atoms with van der Waals surface area (Å²) in [6.45, 7) is 5.84. The number of methoxy groups -OCH3 is 1. The smallest absolute Gasteiger partial charge is 0.291 e. The van der Waals surface area contributed by atoms with Crippen LogP contribution in [0.15, 0.2) is 45.6 Å². The number of fused-ring (bicyclic) bond motifs is 1. The van der Waals surface area contributed by atoms with Crippen LogP contribution in [0.1, 0.15) is 16.1 Å². The first-order valence-electron chi connectivity index (χ1n) is 12.2. The average molecular weight is 504 g/mol. The Bertz CT molecular complexity index is 1420. The predicted octanol–water partition coefficient (Wildman–Crippen LogP) is 2.51. The third-order valence-corrected chi connectivity index (χ3v) is 6.81. The minimum Gasteiger partial charge on any atom is -0.497 e. The molecule has 0 radical (unpaired) electrons. The van der Waals surface area contributed by atoms with Crippen LogP contribution >= 0.6 is 0 Å². The number of nitriles is 1. The standard InChI is InChI=1S/C27H29N5O5/c1-30-5-7-31(8-6-30)23-15-20(35-2)14-21-24(33)16-25(37-26(21)23)27(34)29-19-3-4-22(18(13-19)17-28)32-9-11-36-12-10-32/h3-4,13-16H,5-12H2,1-2H3,(H,29,34). The largest absolute Gasteiger partial charge is 0.497 e. The second-order valence-corrected chi connectivity index (χ2v) is 9.19. The summed E-state index contributed by atoms with van der Waals surface area (Å²) >= 11 is 0. The number of hydrogen-bond acceptors (Lipinski definition) is 9. The molecule has 10 heteroatoms. The molecule has 37 heavy (non-hydrogen) atoms. The van der Waals surface area contributed by atoms with Gasteiger partial charge in [0.1, 0.15) is 11.8 Å². The summed E-state index contributed by atoms with van der Waals surface area (Å²) in [4.78, 5) is 32.7. The van der Waals surface area contributed by atoms with Gasteiger partial charge >= 0.3 is 0 Å². The maximum Gasteiger partial charge on any atom is 0.291 e. The molecule has 1 N–H and O–H groups in total. The highest BCUT2D eigenvalue weighted by Gasteiger charge is 2.22. The molecule has 2 fully saturated rings. The highest BCUT2D eigenvalue weighted by Crippen LogP contribution is 2.32. The lowest BCUT2D eigenvalue weighted by molar-refractivity contribution is 0.0997. The van der Waals surface area contributed by atoms with Crippen molar-refractivity contribution < 1.29 is 18.7 Å². The van der Waals surface area contributed by atoms with Crippen molar-refractivity contribution in [2.45, 2.75) is 0 Å². The second-order valence-electron chi connectivity index (χ2n) is 9.19. The van der Waals surface area contributed by atoms with E-state index in [9.17, 15) is 14.9 Å². The molecule has 2 aromatic carbocycles. The van der Waals surface area contributed by atoms with Crippen molar-refractivity contribution in [2.75, 3.05) is 81.8 Å². The number of nitrogens with zero attached hydrogens (tertiary/aromatic N) is 4. The number of ether oxygens (including phenoxy) is 2. The van der Waals surface area contributed by atoms with Crippen molar-refractivity contribution in [2.24, 2.45) is 0 Å². The molecule has 0 aliphatic carbocycles. The van der Waals surface area contributed by atoms with E-state index in [1.54, 1.807) is 25.3 Å². The van der Waals surface area contributed by atoms with Crippen LogP contribution in [0.25, 0.3) is 11.0 Å². The van der Waals surface area contributed by atoms with Crippen molar-refractivity contribution in [1.82, 2.24) is 4.90 Å².